The Morgan fingerprint density at radius 1 is 1.07 bits per heavy atom. The molecule has 3 heterocycles. The van der Waals surface area contributed by atoms with Crippen molar-refractivity contribution < 1.29 is 4.79 Å². The number of fused-ring (bicyclic) bond motifs is 1. The quantitative estimate of drug-likeness (QED) is 0.726. The molecule has 4 rings (SSSR count). The Bertz CT molecular complexity index is 932. The van der Waals surface area contributed by atoms with E-state index in [-0.39, 0.29) is 6.03 Å². The molecule has 0 saturated heterocycles. The van der Waals surface area contributed by atoms with Gasteiger partial charge in [-0.1, -0.05) is 19.1 Å². The van der Waals surface area contributed by atoms with Gasteiger partial charge in [0.1, 0.15) is 17.5 Å². The van der Waals surface area contributed by atoms with Gasteiger partial charge in [0.05, 0.1) is 18.1 Å². The zero-order valence-electron chi connectivity index (χ0n) is 15.1. The average Bonchev–Trinajstić information content (AvgIpc) is 3.29. The first-order chi connectivity index (χ1) is 13.2. The third-order valence-corrected chi connectivity index (χ3v) is 4.54. The summed E-state index contributed by atoms with van der Waals surface area (Å²) in [6, 6.07) is 7.42. The number of rotatable bonds is 5. The van der Waals surface area contributed by atoms with Crippen LogP contribution in [0, 0.1) is 0 Å². The maximum Gasteiger partial charge on any atom is 0.323 e. The lowest BCUT2D eigenvalue weighted by Crippen LogP contribution is -2.19. The Hall–Kier alpha value is -3.29. The van der Waals surface area contributed by atoms with Crippen molar-refractivity contribution >= 4 is 17.4 Å². The summed E-state index contributed by atoms with van der Waals surface area (Å²) in [7, 11) is 0. The molecular weight excluding hydrogens is 342 g/mol. The van der Waals surface area contributed by atoms with Gasteiger partial charge in [0.2, 0.25) is 0 Å². The van der Waals surface area contributed by atoms with Crippen molar-refractivity contribution in [1.29, 1.82) is 0 Å². The van der Waals surface area contributed by atoms with Crippen molar-refractivity contribution in [3.8, 4) is 0 Å². The van der Waals surface area contributed by atoms with Crippen LogP contribution in [-0.4, -0.2) is 30.8 Å². The lowest BCUT2D eigenvalue weighted by molar-refractivity contribution is 0.262. The van der Waals surface area contributed by atoms with E-state index in [2.05, 4.69) is 35.4 Å². The molecule has 8 heteroatoms. The summed E-state index contributed by atoms with van der Waals surface area (Å²) in [6.07, 6.45) is 6.85. The molecule has 1 aliphatic heterocycles. The molecule has 2 aromatic heterocycles. The highest BCUT2D eigenvalue weighted by Gasteiger charge is 2.17. The number of hydrogen-bond acceptors (Lipinski definition) is 5. The van der Waals surface area contributed by atoms with Crippen molar-refractivity contribution in [1.82, 2.24) is 24.7 Å². The predicted octanol–water partition coefficient (Wildman–Crippen LogP) is 2.81. The third-order valence-electron chi connectivity index (χ3n) is 4.54. The molecular formula is C19H21N7O. The van der Waals surface area contributed by atoms with Crippen LogP contribution in [0.25, 0.3) is 0 Å². The van der Waals surface area contributed by atoms with Crippen LogP contribution in [0.3, 0.4) is 0 Å². The number of carbonyl (C=O) groups excluding carboxylic acids is 1. The van der Waals surface area contributed by atoms with Crippen molar-refractivity contribution in [2.24, 2.45) is 0 Å². The first kappa shape index (κ1) is 17.1. The van der Waals surface area contributed by atoms with E-state index < -0.39 is 0 Å². The lowest BCUT2D eigenvalue weighted by atomic mass is 10.1. The normalized spacial score (nSPS) is 12.6. The fourth-order valence-electron chi connectivity index (χ4n) is 3.13. The van der Waals surface area contributed by atoms with E-state index in [4.69, 9.17) is 0 Å². The first-order valence-electron chi connectivity index (χ1n) is 9.10. The molecule has 0 bridgehead atoms. The Morgan fingerprint density at radius 3 is 2.56 bits per heavy atom. The monoisotopic (exact) mass is 363 g/mol. The molecule has 0 aliphatic carbocycles. The number of amides is 2. The van der Waals surface area contributed by atoms with E-state index in [1.807, 2.05) is 31.2 Å². The summed E-state index contributed by atoms with van der Waals surface area (Å²) in [5, 5.41) is 14.1. The number of carbonyl (C=O) groups is 1. The summed E-state index contributed by atoms with van der Waals surface area (Å²) >= 11 is 0. The first-order valence-corrected chi connectivity index (χ1v) is 9.10. The minimum absolute atomic E-state index is 0.328. The molecule has 0 atom stereocenters. The topological polar surface area (TPSA) is 97.6 Å². The van der Waals surface area contributed by atoms with Crippen LogP contribution in [0.4, 0.5) is 16.2 Å². The molecule has 27 heavy (non-hydrogen) atoms. The minimum atomic E-state index is -0.328. The highest BCUT2D eigenvalue weighted by molar-refractivity contribution is 5.99. The van der Waals surface area contributed by atoms with Crippen LogP contribution in [0.15, 0.2) is 36.7 Å². The summed E-state index contributed by atoms with van der Waals surface area (Å²) in [5.74, 6) is 2.82. The van der Waals surface area contributed by atoms with Gasteiger partial charge in [-0.3, -0.25) is 0 Å². The summed E-state index contributed by atoms with van der Waals surface area (Å²) in [4.78, 5) is 20.4. The van der Waals surface area contributed by atoms with Gasteiger partial charge < -0.3 is 15.2 Å². The number of aryl methyl sites for hydroxylation is 2. The summed E-state index contributed by atoms with van der Waals surface area (Å²) in [6.45, 7) is 2.98. The zero-order chi connectivity index (χ0) is 18.6. The van der Waals surface area contributed by atoms with Gasteiger partial charge in [-0.05, 0) is 24.1 Å². The molecule has 2 N–H and O–H groups in total. The Labute approximate surface area is 157 Å². The van der Waals surface area contributed by atoms with Crippen LogP contribution in [-0.2, 0) is 25.8 Å². The SMILES string of the molecule is CCc1ncc(NC(=O)Nc2ccc(Cc3nnc4n3CCC4)cc2)cn1. The van der Waals surface area contributed by atoms with Gasteiger partial charge in [-0.2, -0.15) is 0 Å². The van der Waals surface area contributed by atoms with E-state index >= 15 is 0 Å². The molecule has 1 aromatic carbocycles. The number of benzene rings is 1. The Morgan fingerprint density at radius 2 is 1.81 bits per heavy atom. The van der Waals surface area contributed by atoms with E-state index in [9.17, 15) is 4.79 Å². The number of aromatic nitrogens is 5. The van der Waals surface area contributed by atoms with Gasteiger partial charge in [-0.15, -0.1) is 10.2 Å². The molecule has 0 radical (unpaired) electrons. The average molecular weight is 363 g/mol. The van der Waals surface area contributed by atoms with Gasteiger partial charge in [-0.25, -0.2) is 14.8 Å². The molecule has 8 nitrogen and oxygen atoms in total. The van der Waals surface area contributed by atoms with Gasteiger partial charge >= 0.3 is 6.03 Å². The number of hydrogen-bond donors (Lipinski definition) is 2. The second kappa shape index (κ2) is 7.53. The fraction of sp³-hybridized carbons (Fsp3) is 0.316. The second-order valence-electron chi connectivity index (χ2n) is 6.48. The van der Waals surface area contributed by atoms with Crippen LogP contribution >= 0.6 is 0 Å². The second-order valence-corrected chi connectivity index (χ2v) is 6.48. The molecule has 1 aliphatic rings. The van der Waals surface area contributed by atoms with Crippen molar-refractivity contribution in [3.63, 3.8) is 0 Å². The molecule has 0 unspecified atom stereocenters. The molecule has 0 saturated carbocycles. The molecule has 0 spiro atoms. The highest BCUT2D eigenvalue weighted by atomic mass is 16.2. The maximum absolute atomic E-state index is 12.1. The smallest absolute Gasteiger partial charge is 0.315 e. The molecule has 0 fully saturated rings. The van der Waals surface area contributed by atoms with Crippen LogP contribution in [0.2, 0.25) is 0 Å². The number of nitrogens with one attached hydrogen (secondary N) is 2. The lowest BCUT2D eigenvalue weighted by Gasteiger charge is -2.08. The van der Waals surface area contributed by atoms with E-state index in [1.165, 1.54) is 0 Å². The number of anilines is 2. The Balaban J connectivity index is 1.35. The van der Waals surface area contributed by atoms with Gasteiger partial charge in [0, 0.05) is 31.5 Å². The third kappa shape index (κ3) is 3.94. The van der Waals surface area contributed by atoms with E-state index in [0.717, 1.165) is 55.3 Å². The minimum Gasteiger partial charge on any atom is -0.315 e. The Kier molecular flexibility index (Phi) is 4.78. The van der Waals surface area contributed by atoms with Crippen LogP contribution in [0.1, 0.15) is 36.4 Å². The maximum atomic E-state index is 12.1. The largest absolute Gasteiger partial charge is 0.323 e. The standard InChI is InChI=1S/C19H21N7O/c1-2-16-20-11-15(12-21-16)23-19(27)22-14-7-5-13(6-8-14)10-18-25-24-17-4-3-9-26(17)18/h5-8,11-12H,2-4,9-10H2,1H3,(H2,22,23,27). The van der Waals surface area contributed by atoms with Gasteiger partial charge in [0.25, 0.3) is 0 Å². The van der Waals surface area contributed by atoms with E-state index in [1.54, 1.807) is 12.4 Å². The number of urea groups is 1. The van der Waals surface area contributed by atoms with Crippen molar-refractivity contribution in [2.45, 2.75) is 39.2 Å². The molecule has 2 amide bonds. The summed E-state index contributed by atoms with van der Waals surface area (Å²) < 4.78 is 2.20. The fourth-order valence-corrected chi connectivity index (χ4v) is 3.13. The molecule has 138 valence electrons. The molecule has 3 aromatic rings. The van der Waals surface area contributed by atoms with Gasteiger partial charge in [0.15, 0.2) is 0 Å². The van der Waals surface area contributed by atoms with Crippen LogP contribution in [0.5, 0.6) is 0 Å². The van der Waals surface area contributed by atoms with Crippen molar-refractivity contribution in [3.05, 3.63) is 59.7 Å². The van der Waals surface area contributed by atoms with E-state index in [0.29, 0.717) is 11.4 Å². The van der Waals surface area contributed by atoms with Crippen LogP contribution < -0.4 is 10.6 Å². The summed E-state index contributed by atoms with van der Waals surface area (Å²) in [5.41, 5.74) is 2.41. The van der Waals surface area contributed by atoms with Crippen molar-refractivity contribution in [2.75, 3.05) is 10.6 Å². The predicted molar refractivity (Wildman–Crippen MR) is 102 cm³/mol. The highest BCUT2D eigenvalue weighted by Crippen LogP contribution is 2.18. The zero-order valence-corrected chi connectivity index (χ0v) is 15.1. The number of nitrogens with zero attached hydrogens (tertiary/aromatic N) is 5.